The summed E-state index contributed by atoms with van der Waals surface area (Å²) in [4.78, 5) is 3.27. The van der Waals surface area contributed by atoms with Gasteiger partial charge >= 0.3 is 0 Å². The van der Waals surface area contributed by atoms with Gasteiger partial charge in [-0.3, -0.25) is 0 Å². The van der Waals surface area contributed by atoms with Gasteiger partial charge in [-0.25, -0.2) is 45.5 Å². The zero-order valence-electron chi connectivity index (χ0n) is 19.6. The Morgan fingerprint density at radius 3 is 2.37 bits per heavy atom. The fraction of sp³-hybridized carbons (Fsp3) is 0.167. The van der Waals surface area contributed by atoms with Crippen LogP contribution in [0, 0.1) is 11.6 Å². The molecular formula is C24H22ClF2N5O4S2. The first-order valence-corrected chi connectivity index (χ1v) is 14.7. The molecule has 200 valence electrons. The highest BCUT2D eigenvalue weighted by Crippen LogP contribution is 2.29. The molecule has 0 saturated heterocycles. The van der Waals surface area contributed by atoms with Crippen LogP contribution in [0.5, 0.6) is 0 Å². The Morgan fingerprint density at radius 2 is 1.74 bits per heavy atom. The lowest BCUT2D eigenvalue weighted by molar-refractivity contribution is 0.460. The summed E-state index contributed by atoms with van der Waals surface area (Å²) in [7, 11) is -8.53. The molecule has 3 aromatic rings. The molecule has 3 aromatic carbocycles. The van der Waals surface area contributed by atoms with E-state index in [-0.39, 0.29) is 18.4 Å². The molecule has 0 spiro atoms. The van der Waals surface area contributed by atoms with E-state index in [2.05, 4.69) is 14.8 Å². The van der Waals surface area contributed by atoms with Crippen molar-refractivity contribution in [3.05, 3.63) is 101 Å². The Labute approximate surface area is 223 Å². The van der Waals surface area contributed by atoms with E-state index < -0.39 is 48.9 Å². The van der Waals surface area contributed by atoms with Crippen LogP contribution in [0.2, 0.25) is 5.02 Å². The van der Waals surface area contributed by atoms with Crippen molar-refractivity contribution in [3.63, 3.8) is 0 Å². The number of guanidine groups is 1. The molecule has 0 unspecified atom stereocenters. The number of benzene rings is 3. The lowest BCUT2D eigenvalue weighted by Crippen LogP contribution is -2.42. The summed E-state index contributed by atoms with van der Waals surface area (Å²) in [5.41, 5.74) is 2.15. The average Bonchev–Trinajstić information content (AvgIpc) is 3.29. The fourth-order valence-electron chi connectivity index (χ4n) is 3.78. The van der Waals surface area contributed by atoms with Gasteiger partial charge in [0.05, 0.1) is 24.6 Å². The molecule has 9 nitrogen and oxygen atoms in total. The van der Waals surface area contributed by atoms with Crippen LogP contribution >= 0.6 is 11.6 Å². The summed E-state index contributed by atoms with van der Waals surface area (Å²) in [6, 6.07) is 18.2. The second-order valence-corrected chi connectivity index (χ2v) is 12.1. The average molecular weight is 582 g/mol. The lowest BCUT2D eigenvalue weighted by atomic mass is 9.91. The topological polar surface area (TPSA) is 134 Å². The third-order valence-corrected chi connectivity index (χ3v) is 7.91. The van der Waals surface area contributed by atoms with Gasteiger partial charge in [0.25, 0.3) is 10.0 Å². The monoisotopic (exact) mass is 581 g/mol. The maximum Gasteiger partial charge on any atom is 0.267 e. The van der Waals surface area contributed by atoms with E-state index in [1.807, 2.05) is 30.3 Å². The molecule has 1 heterocycles. The highest BCUT2D eigenvalue weighted by Gasteiger charge is 2.33. The number of aliphatic imine (C=N–C) groups is 1. The number of hydrogen-bond donors (Lipinski definition) is 2. The van der Waals surface area contributed by atoms with Gasteiger partial charge in [0, 0.05) is 17.0 Å². The van der Waals surface area contributed by atoms with Crippen LogP contribution in [-0.2, 0) is 20.0 Å². The SMILES string of the molecule is NS(=O)(=O)CC/N=C(\NS(=O)(=O)c1ccc(F)cc1F)N1C[C@H](c2ccccc2)C(c2ccc(Cl)cc2)=N1. The number of rotatable bonds is 7. The van der Waals surface area contributed by atoms with Crippen molar-refractivity contribution in [2.45, 2.75) is 10.8 Å². The van der Waals surface area contributed by atoms with E-state index in [0.717, 1.165) is 17.7 Å². The number of nitrogens with zero attached hydrogens (tertiary/aromatic N) is 3. The quantitative estimate of drug-likeness (QED) is 0.327. The molecule has 0 radical (unpaired) electrons. The van der Waals surface area contributed by atoms with Crippen LogP contribution in [0.15, 0.2) is 87.8 Å². The molecule has 0 saturated carbocycles. The van der Waals surface area contributed by atoms with Gasteiger partial charge in [-0.15, -0.1) is 0 Å². The van der Waals surface area contributed by atoms with Crippen molar-refractivity contribution in [1.29, 1.82) is 0 Å². The van der Waals surface area contributed by atoms with Crippen molar-refractivity contribution in [2.75, 3.05) is 18.8 Å². The molecule has 0 amide bonds. The molecule has 0 aromatic heterocycles. The first-order valence-electron chi connectivity index (χ1n) is 11.1. The third-order valence-electron chi connectivity index (χ3n) is 5.55. The molecule has 1 atom stereocenters. The largest absolute Gasteiger partial charge is 0.267 e. The van der Waals surface area contributed by atoms with Crippen molar-refractivity contribution < 1.29 is 25.6 Å². The molecule has 0 fully saturated rings. The zero-order valence-corrected chi connectivity index (χ0v) is 22.0. The maximum absolute atomic E-state index is 14.3. The minimum atomic E-state index is -4.61. The Kier molecular flexibility index (Phi) is 8.11. The van der Waals surface area contributed by atoms with Crippen molar-refractivity contribution in [2.24, 2.45) is 15.2 Å². The van der Waals surface area contributed by atoms with Crippen molar-refractivity contribution in [1.82, 2.24) is 9.73 Å². The fourth-order valence-corrected chi connectivity index (χ4v) is 5.33. The summed E-state index contributed by atoms with van der Waals surface area (Å²) in [5, 5.41) is 11.4. The number of primary sulfonamides is 1. The molecule has 0 bridgehead atoms. The number of sulfonamides is 2. The smallest absolute Gasteiger partial charge is 0.250 e. The summed E-state index contributed by atoms with van der Waals surface area (Å²) in [6.45, 7) is -0.286. The second-order valence-electron chi connectivity index (χ2n) is 8.29. The molecule has 1 aliphatic heterocycles. The van der Waals surface area contributed by atoms with Gasteiger partial charge in [-0.05, 0) is 35.4 Å². The Bertz CT molecular complexity index is 1600. The van der Waals surface area contributed by atoms with Gasteiger partial charge in [-0.1, -0.05) is 54.1 Å². The minimum absolute atomic E-state index is 0.116. The predicted octanol–water partition coefficient (Wildman–Crippen LogP) is 3.04. The molecule has 1 aliphatic rings. The van der Waals surface area contributed by atoms with Crippen molar-refractivity contribution in [3.8, 4) is 0 Å². The first kappa shape index (κ1) is 27.6. The summed E-state index contributed by atoms with van der Waals surface area (Å²) >= 11 is 6.04. The maximum atomic E-state index is 14.3. The minimum Gasteiger partial charge on any atom is -0.250 e. The highest BCUT2D eigenvalue weighted by molar-refractivity contribution is 7.90. The van der Waals surface area contributed by atoms with E-state index in [9.17, 15) is 25.6 Å². The second kappa shape index (κ2) is 11.2. The number of halogens is 3. The molecular weight excluding hydrogens is 560 g/mol. The first-order chi connectivity index (χ1) is 17.9. The Morgan fingerprint density at radius 1 is 1.05 bits per heavy atom. The lowest BCUT2D eigenvalue weighted by Gasteiger charge is -2.20. The van der Waals surface area contributed by atoms with Gasteiger partial charge in [0.15, 0.2) is 0 Å². The molecule has 4 rings (SSSR count). The molecule has 38 heavy (non-hydrogen) atoms. The van der Waals surface area contributed by atoms with E-state index in [1.165, 1.54) is 5.01 Å². The van der Waals surface area contributed by atoms with Gasteiger partial charge < -0.3 is 0 Å². The van der Waals surface area contributed by atoms with E-state index in [1.54, 1.807) is 24.3 Å². The Hall–Kier alpha value is -3.39. The number of hydrazone groups is 1. The van der Waals surface area contributed by atoms with Crippen LogP contribution in [0.3, 0.4) is 0 Å². The standard InChI is InChI=1S/C24H22ClF2N5O4S2/c25-18-8-6-17(7-9-18)23-20(16-4-2-1-3-5-16)15-32(30-23)24(29-12-13-37(28,33)34)31-38(35,36)22-11-10-19(26)14-21(22)27/h1-11,14,20H,12-13,15H2,(H,29,31)(H2,28,33,34)/t20-/m1/s1. The zero-order chi connectivity index (χ0) is 27.5. The van der Waals surface area contributed by atoms with E-state index in [4.69, 9.17) is 16.7 Å². The Balaban J connectivity index is 1.75. The van der Waals surface area contributed by atoms with E-state index >= 15 is 0 Å². The van der Waals surface area contributed by atoms with Crippen LogP contribution in [0.25, 0.3) is 0 Å². The predicted molar refractivity (Wildman–Crippen MR) is 141 cm³/mol. The number of nitrogens with two attached hydrogens (primary N) is 1. The van der Waals surface area contributed by atoms with E-state index in [0.29, 0.717) is 22.4 Å². The summed E-state index contributed by atoms with van der Waals surface area (Å²) in [6.07, 6.45) is 0. The van der Waals surface area contributed by atoms with Crippen LogP contribution < -0.4 is 9.86 Å². The van der Waals surface area contributed by atoms with Crippen LogP contribution in [-0.4, -0.2) is 52.4 Å². The highest BCUT2D eigenvalue weighted by atomic mass is 35.5. The summed E-state index contributed by atoms with van der Waals surface area (Å²) in [5.74, 6) is -3.54. The number of hydrogen-bond acceptors (Lipinski definition) is 6. The summed E-state index contributed by atoms with van der Waals surface area (Å²) < 4.78 is 78.9. The van der Waals surface area contributed by atoms with Gasteiger partial charge in [0.1, 0.15) is 16.5 Å². The molecule has 0 aliphatic carbocycles. The van der Waals surface area contributed by atoms with Gasteiger partial charge in [0.2, 0.25) is 16.0 Å². The number of nitrogens with one attached hydrogen (secondary N) is 1. The molecule has 3 N–H and O–H groups in total. The van der Waals surface area contributed by atoms with Crippen LogP contribution in [0.1, 0.15) is 17.0 Å². The third kappa shape index (κ3) is 6.72. The van der Waals surface area contributed by atoms with Crippen LogP contribution in [0.4, 0.5) is 8.78 Å². The van der Waals surface area contributed by atoms with Gasteiger partial charge in [-0.2, -0.15) is 5.10 Å². The van der Waals surface area contributed by atoms with Crippen molar-refractivity contribution >= 4 is 43.3 Å². The molecule has 14 heteroatoms. The normalized spacial score (nSPS) is 16.4.